The van der Waals surface area contributed by atoms with Crippen molar-refractivity contribution in [3.63, 3.8) is 0 Å². The van der Waals surface area contributed by atoms with Gasteiger partial charge in [-0.2, -0.15) is 0 Å². The third-order valence-corrected chi connectivity index (χ3v) is 3.60. The molecule has 0 fully saturated rings. The summed E-state index contributed by atoms with van der Waals surface area (Å²) in [6.07, 6.45) is -0.995. The van der Waals surface area contributed by atoms with Crippen LogP contribution in [0.3, 0.4) is 0 Å². The fraction of sp³-hybridized carbons (Fsp3) is 0.529. The van der Waals surface area contributed by atoms with Gasteiger partial charge in [0.05, 0.1) is 30.7 Å². The van der Waals surface area contributed by atoms with Crippen molar-refractivity contribution in [2.75, 3.05) is 13.7 Å². The lowest BCUT2D eigenvalue weighted by atomic mass is 10.0. The van der Waals surface area contributed by atoms with Gasteiger partial charge in [0, 0.05) is 0 Å². The Morgan fingerprint density at radius 3 is 2.44 bits per heavy atom. The van der Waals surface area contributed by atoms with Gasteiger partial charge in [0.1, 0.15) is 5.60 Å². The number of methoxy groups -OCH3 is 1. The zero-order valence-electron chi connectivity index (χ0n) is 15.0. The fourth-order valence-corrected chi connectivity index (χ4v) is 2.68. The molecular formula is C17H24BrNO6. The summed E-state index contributed by atoms with van der Waals surface area (Å²) < 4.78 is 16.6. The highest BCUT2D eigenvalue weighted by Crippen LogP contribution is 2.38. The van der Waals surface area contributed by atoms with E-state index in [9.17, 15) is 9.59 Å². The van der Waals surface area contributed by atoms with Crippen LogP contribution in [-0.4, -0.2) is 36.5 Å². The number of nitrogens with one attached hydrogen (secondary N) is 1. The van der Waals surface area contributed by atoms with Crippen molar-refractivity contribution in [2.24, 2.45) is 0 Å². The van der Waals surface area contributed by atoms with Gasteiger partial charge < -0.3 is 24.6 Å². The van der Waals surface area contributed by atoms with Crippen LogP contribution in [0.5, 0.6) is 11.5 Å². The number of aliphatic carboxylic acids is 1. The third kappa shape index (κ3) is 6.81. The van der Waals surface area contributed by atoms with Crippen LogP contribution in [0.1, 0.15) is 45.7 Å². The molecule has 1 amide bonds. The second-order valence-corrected chi connectivity index (χ2v) is 7.12. The lowest BCUT2D eigenvalue weighted by Gasteiger charge is -2.24. The van der Waals surface area contributed by atoms with Crippen LogP contribution < -0.4 is 14.8 Å². The molecule has 25 heavy (non-hydrogen) atoms. The summed E-state index contributed by atoms with van der Waals surface area (Å²) in [5.74, 6) is -0.0993. The van der Waals surface area contributed by atoms with Crippen molar-refractivity contribution in [1.29, 1.82) is 0 Å². The Kier molecular flexibility index (Phi) is 7.54. The number of hydrogen-bond donors (Lipinski definition) is 2. The maximum atomic E-state index is 12.0. The Hall–Kier alpha value is -1.96. The van der Waals surface area contributed by atoms with Crippen LogP contribution in [0.25, 0.3) is 0 Å². The highest BCUT2D eigenvalue weighted by Gasteiger charge is 2.24. The Bertz CT molecular complexity index is 626. The van der Waals surface area contributed by atoms with Crippen LogP contribution >= 0.6 is 15.9 Å². The van der Waals surface area contributed by atoms with E-state index >= 15 is 0 Å². The van der Waals surface area contributed by atoms with Gasteiger partial charge in [-0.1, -0.05) is 0 Å². The van der Waals surface area contributed by atoms with Gasteiger partial charge in [0.25, 0.3) is 0 Å². The molecule has 140 valence electrons. The minimum absolute atomic E-state index is 0.303. The van der Waals surface area contributed by atoms with Crippen molar-refractivity contribution in [3.8, 4) is 11.5 Å². The second-order valence-electron chi connectivity index (χ2n) is 6.26. The SMILES string of the molecule is CCOc1c(Br)cc([C@H](CC(=O)O)NC(=O)OC(C)(C)C)cc1OC. The molecule has 1 aromatic rings. The third-order valence-electron chi connectivity index (χ3n) is 3.01. The summed E-state index contributed by atoms with van der Waals surface area (Å²) in [6, 6.07) is 2.55. The number of carboxylic acid groups (broad SMARTS) is 1. The van der Waals surface area contributed by atoms with Crippen LogP contribution in [-0.2, 0) is 9.53 Å². The lowest BCUT2D eigenvalue weighted by Crippen LogP contribution is -2.35. The highest BCUT2D eigenvalue weighted by atomic mass is 79.9. The molecule has 0 unspecified atom stereocenters. The molecule has 8 heteroatoms. The molecule has 2 N–H and O–H groups in total. The molecule has 1 rings (SSSR count). The number of carbonyl (C=O) groups is 2. The van der Waals surface area contributed by atoms with E-state index in [1.54, 1.807) is 32.9 Å². The van der Waals surface area contributed by atoms with Crippen molar-refractivity contribution in [1.82, 2.24) is 5.32 Å². The zero-order valence-corrected chi connectivity index (χ0v) is 16.6. The number of amides is 1. The summed E-state index contributed by atoms with van der Waals surface area (Å²) >= 11 is 3.39. The van der Waals surface area contributed by atoms with Gasteiger partial charge in [0.2, 0.25) is 0 Å². The predicted octanol–water partition coefficient (Wildman–Crippen LogP) is 3.90. The van der Waals surface area contributed by atoms with E-state index in [1.165, 1.54) is 7.11 Å². The number of hydrogen-bond acceptors (Lipinski definition) is 5. The first-order valence-electron chi connectivity index (χ1n) is 7.79. The van der Waals surface area contributed by atoms with E-state index < -0.39 is 23.7 Å². The van der Waals surface area contributed by atoms with Crippen molar-refractivity contribution < 1.29 is 28.9 Å². The molecule has 0 saturated heterocycles. The monoisotopic (exact) mass is 417 g/mol. The number of rotatable bonds is 7. The van der Waals surface area contributed by atoms with Gasteiger partial charge in [-0.3, -0.25) is 4.79 Å². The number of ether oxygens (including phenoxy) is 3. The maximum absolute atomic E-state index is 12.0. The van der Waals surface area contributed by atoms with E-state index in [4.69, 9.17) is 19.3 Å². The average molecular weight is 418 g/mol. The Morgan fingerprint density at radius 2 is 1.96 bits per heavy atom. The zero-order chi connectivity index (χ0) is 19.2. The molecule has 0 aliphatic rings. The Labute approximate surface area is 155 Å². The molecule has 0 radical (unpaired) electrons. The molecule has 0 aromatic heterocycles. The molecule has 0 aliphatic heterocycles. The molecule has 0 bridgehead atoms. The lowest BCUT2D eigenvalue weighted by molar-refractivity contribution is -0.137. The molecule has 1 aromatic carbocycles. The first-order chi connectivity index (χ1) is 11.6. The van der Waals surface area contributed by atoms with E-state index in [-0.39, 0.29) is 6.42 Å². The smallest absolute Gasteiger partial charge is 0.408 e. The molecule has 0 aliphatic carbocycles. The molecule has 7 nitrogen and oxygen atoms in total. The van der Waals surface area contributed by atoms with Crippen LogP contribution in [0, 0.1) is 0 Å². The number of carboxylic acids is 1. The topological polar surface area (TPSA) is 94.1 Å². The van der Waals surface area contributed by atoms with Crippen molar-refractivity contribution in [3.05, 3.63) is 22.2 Å². The standard InChI is InChI=1S/C17H24BrNO6/c1-6-24-15-11(18)7-10(8-13(15)23-5)12(9-14(20)21)19-16(22)25-17(2,3)4/h7-8,12H,6,9H2,1-5H3,(H,19,22)(H,20,21)/t12-/m0/s1. The van der Waals surface area contributed by atoms with E-state index in [0.717, 1.165) is 0 Å². The Balaban J connectivity index is 3.16. The quantitative estimate of drug-likeness (QED) is 0.698. The summed E-state index contributed by atoms with van der Waals surface area (Å²) in [5, 5.41) is 11.8. The number of halogens is 1. The highest BCUT2D eigenvalue weighted by molar-refractivity contribution is 9.10. The summed E-state index contributed by atoms with van der Waals surface area (Å²) in [7, 11) is 1.49. The maximum Gasteiger partial charge on any atom is 0.408 e. The van der Waals surface area contributed by atoms with Crippen molar-refractivity contribution in [2.45, 2.75) is 45.8 Å². The first kappa shape index (κ1) is 21.1. The number of benzene rings is 1. The number of alkyl carbamates (subject to hydrolysis) is 1. The second kappa shape index (κ2) is 8.94. The summed E-state index contributed by atoms with van der Waals surface area (Å²) in [6.45, 7) is 7.49. The summed E-state index contributed by atoms with van der Waals surface area (Å²) in [4.78, 5) is 23.2. The first-order valence-corrected chi connectivity index (χ1v) is 8.58. The van der Waals surface area contributed by atoms with Crippen molar-refractivity contribution >= 4 is 28.0 Å². The predicted molar refractivity (Wildman–Crippen MR) is 96.2 cm³/mol. The normalized spacial score (nSPS) is 12.2. The van der Waals surface area contributed by atoms with Crippen LogP contribution in [0.15, 0.2) is 16.6 Å². The van der Waals surface area contributed by atoms with Gasteiger partial charge in [-0.15, -0.1) is 0 Å². The van der Waals surface area contributed by atoms with E-state index in [2.05, 4.69) is 21.2 Å². The molecular weight excluding hydrogens is 394 g/mol. The number of carbonyl (C=O) groups excluding carboxylic acids is 1. The average Bonchev–Trinajstić information content (AvgIpc) is 2.46. The van der Waals surface area contributed by atoms with Crippen LogP contribution in [0.2, 0.25) is 0 Å². The molecule has 0 heterocycles. The van der Waals surface area contributed by atoms with Gasteiger partial charge in [-0.05, 0) is 61.3 Å². The van der Waals surface area contributed by atoms with E-state index in [0.29, 0.717) is 28.1 Å². The molecule has 0 saturated carbocycles. The van der Waals surface area contributed by atoms with E-state index in [1.807, 2.05) is 6.92 Å². The van der Waals surface area contributed by atoms with Gasteiger partial charge in [-0.25, -0.2) is 4.79 Å². The van der Waals surface area contributed by atoms with Gasteiger partial charge in [0.15, 0.2) is 11.5 Å². The Morgan fingerprint density at radius 1 is 1.32 bits per heavy atom. The fourth-order valence-electron chi connectivity index (χ4n) is 2.10. The minimum atomic E-state index is -1.05. The largest absolute Gasteiger partial charge is 0.493 e. The van der Waals surface area contributed by atoms with Crippen LogP contribution in [0.4, 0.5) is 4.79 Å². The summed E-state index contributed by atoms with van der Waals surface area (Å²) in [5.41, 5.74) is -0.130. The minimum Gasteiger partial charge on any atom is -0.493 e. The molecule has 0 spiro atoms. The van der Waals surface area contributed by atoms with Gasteiger partial charge >= 0.3 is 12.1 Å². The molecule has 1 atom stereocenters.